The average Bonchev–Trinajstić information content (AvgIpc) is 2.66. The van der Waals surface area contributed by atoms with Gasteiger partial charge in [-0.05, 0) is 25.1 Å². The van der Waals surface area contributed by atoms with E-state index in [9.17, 15) is 13.2 Å². The minimum Gasteiger partial charge on any atom is -0.496 e. The molecule has 7 nitrogen and oxygen atoms in total. The molecule has 0 saturated carbocycles. The molecule has 0 bridgehead atoms. The molecule has 2 rings (SSSR count). The molecule has 27 heavy (non-hydrogen) atoms. The van der Waals surface area contributed by atoms with Gasteiger partial charge in [-0.2, -0.15) is 12.7 Å². The third-order valence-electron chi connectivity index (χ3n) is 4.05. The number of rotatable bonds is 8. The molecule has 1 N–H and O–H groups in total. The third-order valence-corrected chi connectivity index (χ3v) is 5.87. The molecule has 0 aliphatic rings. The quantitative estimate of drug-likeness (QED) is 0.748. The van der Waals surface area contributed by atoms with E-state index in [1.54, 1.807) is 37.4 Å². The SMILES string of the molecule is COc1ccccc1[C@H](C)NC(=O)CN(c1ccccc1)S(=O)(=O)N(C)C. The van der Waals surface area contributed by atoms with Gasteiger partial charge in [-0.15, -0.1) is 0 Å². The zero-order chi connectivity index (χ0) is 20.0. The summed E-state index contributed by atoms with van der Waals surface area (Å²) in [4.78, 5) is 12.6. The first-order valence-electron chi connectivity index (χ1n) is 8.45. The molecule has 0 fully saturated rings. The lowest BCUT2D eigenvalue weighted by atomic mass is 10.1. The molecule has 0 aliphatic carbocycles. The van der Waals surface area contributed by atoms with E-state index in [1.807, 2.05) is 31.2 Å². The first kappa shape index (κ1) is 20.7. The summed E-state index contributed by atoms with van der Waals surface area (Å²) in [5, 5.41) is 2.84. The van der Waals surface area contributed by atoms with E-state index >= 15 is 0 Å². The fourth-order valence-electron chi connectivity index (χ4n) is 2.62. The van der Waals surface area contributed by atoms with Crippen molar-refractivity contribution in [3.8, 4) is 5.75 Å². The number of anilines is 1. The minimum absolute atomic E-state index is 0.329. The van der Waals surface area contributed by atoms with Gasteiger partial charge in [0.25, 0.3) is 0 Å². The Morgan fingerprint density at radius 2 is 1.67 bits per heavy atom. The molecule has 0 aromatic heterocycles. The van der Waals surface area contributed by atoms with Gasteiger partial charge in [0.05, 0.1) is 18.8 Å². The predicted octanol–water partition coefficient (Wildman–Crippen LogP) is 2.19. The van der Waals surface area contributed by atoms with Gasteiger partial charge in [0.1, 0.15) is 12.3 Å². The van der Waals surface area contributed by atoms with Crippen LogP contribution in [0.3, 0.4) is 0 Å². The van der Waals surface area contributed by atoms with Crippen LogP contribution in [0.1, 0.15) is 18.5 Å². The summed E-state index contributed by atoms with van der Waals surface area (Å²) in [6, 6.07) is 15.6. The largest absolute Gasteiger partial charge is 0.496 e. The van der Waals surface area contributed by atoms with Gasteiger partial charge in [0.15, 0.2) is 0 Å². The van der Waals surface area contributed by atoms with E-state index in [1.165, 1.54) is 14.1 Å². The van der Waals surface area contributed by atoms with E-state index in [-0.39, 0.29) is 12.6 Å². The maximum atomic E-state index is 12.7. The summed E-state index contributed by atoms with van der Waals surface area (Å²) in [5.74, 6) is 0.244. The number of carbonyl (C=O) groups is 1. The van der Waals surface area contributed by atoms with Crippen molar-refractivity contribution < 1.29 is 17.9 Å². The highest BCUT2D eigenvalue weighted by Crippen LogP contribution is 2.24. The van der Waals surface area contributed by atoms with Crippen LogP contribution in [-0.2, 0) is 15.0 Å². The van der Waals surface area contributed by atoms with E-state index in [2.05, 4.69) is 5.32 Å². The Morgan fingerprint density at radius 3 is 2.26 bits per heavy atom. The fourth-order valence-corrected chi connectivity index (χ4v) is 3.68. The zero-order valence-corrected chi connectivity index (χ0v) is 16.7. The Bertz CT molecular complexity index is 870. The second-order valence-electron chi connectivity index (χ2n) is 6.16. The molecule has 8 heteroatoms. The molecule has 0 radical (unpaired) electrons. The predicted molar refractivity (Wildman–Crippen MR) is 106 cm³/mol. The van der Waals surface area contributed by atoms with Crippen LogP contribution >= 0.6 is 0 Å². The lowest BCUT2D eigenvalue weighted by Gasteiger charge is -2.27. The molecule has 1 atom stereocenters. The Kier molecular flexibility index (Phi) is 6.81. The van der Waals surface area contributed by atoms with E-state index in [4.69, 9.17) is 4.74 Å². The zero-order valence-electron chi connectivity index (χ0n) is 15.9. The maximum Gasteiger partial charge on any atom is 0.304 e. The molecule has 0 unspecified atom stereocenters. The van der Waals surface area contributed by atoms with Crippen molar-refractivity contribution in [1.82, 2.24) is 9.62 Å². The molecule has 2 aromatic carbocycles. The minimum atomic E-state index is -3.82. The number of amides is 1. The lowest BCUT2D eigenvalue weighted by Crippen LogP contribution is -2.46. The standard InChI is InChI=1S/C19H25N3O4S/c1-15(17-12-8-9-13-18(17)26-4)20-19(23)14-22(27(24,25)21(2)3)16-10-6-5-7-11-16/h5-13,15H,14H2,1-4H3,(H,20,23)/t15-/m0/s1. The molecular weight excluding hydrogens is 366 g/mol. The first-order valence-corrected chi connectivity index (χ1v) is 9.84. The number of ether oxygens (including phenoxy) is 1. The van der Waals surface area contributed by atoms with Crippen molar-refractivity contribution in [2.45, 2.75) is 13.0 Å². The second-order valence-corrected chi connectivity index (χ2v) is 8.23. The lowest BCUT2D eigenvalue weighted by molar-refractivity contribution is -0.120. The number of benzene rings is 2. The van der Waals surface area contributed by atoms with Crippen molar-refractivity contribution in [2.75, 3.05) is 32.1 Å². The van der Waals surface area contributed by atoms with Crippen LogP contribution in [0.15, 0.2) is 54.6 Å². The Hall–Kier alpha value is -2.58. The summed E-state index contributed by atoms with van der Waals surface area (Å²) in [7, 11) is 0.607. The summed E-state index contributed by atoms with van der Waals surface area (Å²) in [6.07, 6.45) is 0. The number of nitrogens with zero attached hydrogens (tertiary/aromatic N) is 2. The van der Waals surface area contributed by atoms with Crippen LogP contribution in [0.25, 0.3) is 0 Å². The summed E-state index contributed by atoms with van der Waals surface area (Å²) >= 11 is 0. The number of nitrogens with one attached hydrogen (secondary N) is 1. The molecule has 2 aromatic rings. The van der Waals surface area contributed by atoms with Gasteiger partial charge in [0.2, 0.25) is 5.91 Å². The van der Waals surface area contributed by atoms with Crippen molar-refractivity contribution in [1.29, 1.82) is 0 Å². The number of hydrogen-bond acceptors (Lipinski definition) is 4. The fraction of sp³-hybridized carbons (Fsp3) is 0.316. The second kappa shape index (κ2) is 8.88. The van der Waals surface area contributed by atoms with Gasteiger partial charge in [-0.3, -0.25) is 4.79 Å². The van der Waals surface area contributed by atoms with Crippen LogP contribution in [0.2, 0.25) is 0 Å². The van der Waals surface area contributed by atoms with Crippen LogP contribution < -0.4 is 14.4 Å². The van der Waals surface area contributed by atoms with Crippen molar-refractivity contribution in [3.63, 3.8) is 0 Å². The summed E-state index contributed by atoms with van der Waals surface area (Å²) in [6.45, 7) is 1.49. The number of carbonyl (C=O) groups excluding carboxylic acids is 1. The smallest absolute Gasteiger partial charge is 0.304 e. The number of para-hydroxylation sites is 2. The Labute approximate surface area is 160 Å². The van der Waals surface area contributed by atoms with Crippen LogP contribution in [0.5, 0.6) is 5.75 Å². The number of methoxy groups -OCH3 is 1. The van der Waals surface area contributed by atoms with Gasteiger partial charge in [-0.25, -0.2) is 4.31 Å². The highest BCUT2D eigenvalue weighted by atomic mass is 32.2. The highest BCUT2D eigenvalue weighted by molar-refractivity contribution is 7.90. The van der Waals surface area contributed by atoms with E-state index in [0.29, 0.717) is 11.4 Å². The maximum absolute atomic E-state index is 12.7. The third kappa shape index (κ3) is 4.99. The molecular formula is C19H25N3O4S. The van der Waals surface area contributed by atoms with E-state index < -0.39 is 16.1 Å². The van der Waals surface area contributed by atoms with Gasteiger partial charge < -0.3 is 10.1 Å². The molecule has 146 valence electrons. The van der Waals surface area contributed by atoms with Crippen molar-refractivity contribution in [3.05, 3.63) is 60.2 Å². The van der Waals surface area contributed by atoms with Gasteiger partial charge in [-0.1, -0.05) is 36.4 Å². The normalized spacial score (nSPS) is 12.5. The highest BCUT2D eigenvalue weighted by Gasteiger charge is 2.27. The van der Waals surface area contributed by atoms with Crippen molar-refractivity contribution in [2.24, 2.45) is 0 Å². The molecule has 0 aliphatic heterocycles. The van der Waals surface area contributed by atoms with E-state index in [0.717, 1.165) is 14.2 Å². The summed E-state index contributed by atoms with van der Waals surface area (Å²) in [5.41, 5.74) is 1.24. The average molecular weight is 391 g/mol. The molecule has 0 spiro atoms. The van der Waals surface area contributed by atoms with Gasteiger partial charge >= 0.3 is 10.2 Å². The van der Waals surface area contributed by atoms with Crippen LogP contribution in [0.4, 0.5) is 5.69 Å². The summed E-state index contributed by atoms with van der Waals surface area (Å²) < 4.78 is 32.8. The van der Waals surface area contributed by atoms with Crippen LogP contribution in [0, 0.1) is 0 Å². The Morgan fingerprint density at radius 1 is 1.07 bits per heavy atom. The molecule has 1 amide bonds. The Balaban J connectivity index is 2.21. The first-order chi connectivity index (χ1) is 12.8. The number of hydrogen-bond donors (Lipinski definition) is 1. The molecule has 0 saturated heterocycles. The van der Waals surface area contributed by atoms with Gasteiger partial charge in [0, 0.05) is 19.7 Å². The topological polar surface area (TPSA) is 79.0 Å². The monoisotopic (exact) mass is 391 g/mol. The van der Waals surface area contributed by atoms with Crippen molar-refractivity contribution >= 4 is 21.8 Å². The van der Waals surface area contributed by atoms with Crippen LogP contribution in [-0.4, -0.2) is 46.4 Å². The molecule has 0 heterocycles.